The molecule has 1 saturated heterocycles. The predicted molar refractivity (Wildman–Crippen MR) is 79.0 cm³/mol. The Morgan fingerprint density at radius 2 is 1.85 bits per heavy atom. The zero-order chi connectivity index (χ0) is 14.4. The van der Waals surface area contributed by atoms with Gasteiger partial charge in [-0.2, -0.15) is 0 Å². The van der Waals surface area contributed by atoms with Gasteiger partial charge in [-0.1, -0.05) is 43.9 Å². The summed E-state index contributed by atoms with van der Waals surface area (Å²) in [6.45, 7) is 6.70. The molecule has 106 valence electrons. The number of hydrogen-bond donors (Lipinski definition) is 0. The topological polar surface area (TPSA) is 29.5 Å². The number of ether oxygens (including phenoxy) is 1. The van der Waals surface area contributed by atoms with Crippen molar-refractivity contribution in [2.45, 2.75) is 13.8 Å². The molecule has 0 N–H and O–H groups in total. The summed E-state index contributed by atoms with van der Waals surface area (Å²) in [4.78, 5) is 14.4. The van der Waals surface area contributed by atoms with E-state index >= 15 is 0 Å². The van der Waals surface area contributed by atoms with Crippen LogP contribution in [0.25, 0.3) is 0 Å². The number of morpholine rings is 1. The first-order valence-electron chi connectivity index (χ1n) is 7.11. The molecule has 2 rings (SSSR count). The van der Waals surface area contributed by atoms with Crippen LogP contribution in [0.2, 0.25) is 0 Å². The van der Waals surface area contributed by atoms with Gasteiger partial charge >= 0.3 is 0 Å². The van der Waals surface area contributed by atoms with Crippen molar-refractivity contribution >= 4 is 5.91 Å². The van der Waals surface area contributed by atoms with Gasteiger partial charge in [0.15, 0.2) is 0 Å². The molecule has 1 aliphatic rings. The van der Waals surface area contributed by atoms with E-state index in [0.29, 0.717) is 26.3 Å². The smallest absolute Gasteiger partial charge is 0.238 e. The first-order valence-corrected chi connectivity index (χ1v) is 7.11. The summed E-state index contributed by atoms with van der Waals surface area (Å²) >= 11 is 0. The maximum absolute atomic E-state index is 12.5. The fourth-order valence-electron chi connectivity index (χ4n) is 2.18. The van der Waals surface area contributed by atoms with E-state index in [-0.39, 0.29) is 17.7 Å². The number of amides is 1. The predicted octanol–water partition coefficient (Wildman–Crippen LogP) is 2.17. The third-order valence-electron chi connectivity index (χ3n) is 3.40. The third-order valence-corrected chi connectivity index (χ3v) is 3.40. The lowest BCUT2D eigenvalue weighted by atomic mass is 9.94. The van der Waals surface area contributed by atoms with Crippen LogP contribution in [0.15, 0.2) is 30.3 Å². The molecule has 1 atom stereocenters. The van der Waals surface area contributed by atoms with Crippen molar-refractivity contribution in [3.63, 3.8) is 0 Å². The van der Waals surface area contributed by atoms with Crippen LogP contribution in [-0.4, -0.2) is 37.1 Å². The number of carbonyl (C=O) groups excluding carboxylic acids is 1. The summed E-state index contributed by atoms with van der Waals surface area (Å²) in [5, 5.41) is 0. The lowest BCUT2D eigenvalue weighted by Gasteiger charge is -2.30. The van der Waals surface area contributed by atoms with E-state index in [4.69, 9.17) is 4.74 Å². The van der Waals surface area contributed by atoms with Crippen molar-refractivity contribution in [1.82, 2.24) is 4.90 Å². The molecule has 0 radical (unpaired) electrons. The van der Waals surface area contributed by atoms with Gasteiger partial charge in [0, 0.05) is 18.7 Å². The average molecular weight is 271 g/mol. The lowest BCUT2D eigenvalue weighted by molar-refractivity contribution is -0.138. The number of hydrogen-bond acceptors (Lipinski definition) is 2. The molecule has 0 spiro atoms. The molecule has 3 heteroatoms. The first-order chi connectivity index (χ1) is 9.68. The largest absolute Gasteiger partial charge is 0.378 e. The SMILES string of the molecule is CC(C)[C@H](C#Cc1ccccc1)C(=O)N1CCOCC1. The Morgan fingerprint density at radius 3 is 2.45 bits per heavy atom. The van der Waals surface area contributed by atoms with Crippen molar-refractivity contribution in [2.75, 3.05) is 26.3 Å². The number of benzene rings is 1. The second-order valence-corrected chi connectivity index (χ2v) is 5.29. The average Bonchev–Trinajstić information content (AvgIpc) is 2.49. The summed E-state index contributed by atoms with van der Waals surface area (Å²) in [7, 11) is 0. The van der Waals surface area contributed by atoms with Crippen LogP contribution in [0, 0.1) is 23.7 Å². The zero-order valence-electron chi connectivity index (χ0n) is 12.1. The molecular formula is C17H21NO2. The summed E-state index contributed by atoms with van der Waals surface area (Å²) in [5.74, 6) is 6.37. The number of carbonyl (C=O) groups is 1. The second kappa shape index (κ2) is 7.12. The Morgan fingerprint density at radius 1 is 1.20 bits per heavy atom. The Labute approximate surface area is 120 Å². The van der Waals surface area contributed by atoms with Gasteiger partial charge < -0.3 is 9.64 Å². The van der Waals surface area contributed by atoms with Crippen LogP contribution in [0.1, 0.15) is 19.4 Å². The first kappa shape index (κ1) is 14.6. The fraction of sp³-hybridized carbons (Fsp3) is 0.471. The molecule has 1 aliphatic heterocycles. The Balaban J connectivity index is 2.11. The maximum Gasteiger partial charge on any atom is 0.238 e. The van der Waals surface area contributed by atoms with Gasteiger partial charge in [-0.3, -0.25) is 4.79 Å². The Hall–Kier alpha value is -1.79. The molecule has 0 aromatic heterocycles. The molecule has 1 aromatic rings. The van der Waals surface area contributed by atoms with E-state index in [9.17, 15) is 4.79 Å². The van der Waals surface area contributed by atoms with E-state index < -0.39 is 0 Å². The standard InChI is InChI=1S/C17H21NO2/c1-14(2)16(9-8-15-6-4-3-5-7-15)17(19)18-10-12-20-13-11-18/h3-7,14,16H,10-13H2,1-2H3/t16-/m0/s1. The highest BCUT2D eigenvalue weighted by molar-refractivity contribution is 5.82. The lowest BCUT2D eigenvalue weighted by Crippen LogP contribution is -2.44. The van der Waals surface area contributed by atoms with Crippen molar-refractivity contribution in [3.8, 4) is 11.8 Å². The van der Waals surface area contributed by atoms with Crippen molar-refractivity contribution in [3.05, 3.63) is 35.9 Å². The summed E-state index contributed by atoms with van der Waals surface area (Å²) < 4.78 is 5.29. The minimum absolute atomic E-state index is 0.131. The normalized spacial score (nSPS) is 16.4. The van der Waals surface area contributed by atoms with Crippen LogP contribution in [0.5, 0.6) is 0 Å². The minimum Gasteiger partial charge on any atom is -0.378 e. The van der Waals surface area contributed by atoms with Crippen molar-refractivity contribution in [1.29, 1.82) is 0 Å². The summed E-state index contributed by atoms with van der Waals surface area (Å²) in [5.41, 5.74) is 0.952. The molecular weight excluding hydrogens is 250 g/mol. The number of nitrogens with zero attached hydrogens (tertiary/aromatic N) is 1. The Kier molecular flexibility index (Phi) is 5.20. The minimum atomic E-state index is -0.242. The van der Waals surface area contributed by atoms with E-state index in [1.807, 2.05) is 49.1 Å². The molecule has 0 saturated carbocycles. The van der Waals surface area contributed by atoms with E-state index in [1.54, 1.807) is 0 Å². The Bertz CT molecular complexity index is 493. The highest BCUT2D eigenvalue weighted by Gasteiger charge is 2.26. The number of rotatable bonds is 2. The third kappa shape index (κ3) is 3.85. The molecule has 1 fully saturated rings. The monoisotopic (exact) mass is 271 g/mol. The van der Waals surface area contributed by atoms with Crippen molar-refractivity contribution in [2.24, 2.45) is 11.8 Å². The van der Waals surface area contributed by atoms with Gasteiger partial charge in [-0.05, 0) is 18.1 Å². The highest BCUT2D eigenvalue weighted by Crippen LogP contribution is 2.15. The van der Waals surface area contributed by atoms with E-state index in [0.717, 1.165) is 5.56 Å². The van der Waals surface area contributed by atoms with Crippen LogP contribution in [0.4, 0.5) is 0 Å². The molecule has 20 heavy (non-hydrogen) atoms. The summed E-state index contributed by atoms with van der Waals surface area (Å²) in [6, 6.07) is 9.80. The van der Waals surface area contributed by atoms with Gasteiger partial charge in [0.25, 0.3) is 0 Å². The second-order valence-electron chi connectivity index (χ2n) is 5.29. The van der Waals surface area contributed by atoms with Gasteiger partial charge in [0.05, 0.1) is 13.2 Å². The van der Waals surface area contributed by atoms with Gasteiger partial charge in [0.1, 0.15) is 5.92 Å². The van der Waals surface area contributed by atoms with E-state index in [2.05, 4.69) is 11.8 Å². The zero-order valence-corrected chi connectivity index (χ0v) is 12.1. The van der Waals surface area contributed by atoms with Crippen LogP contribution >= 0.6 is 0 Å². The van der Waals surface area contributed by atoms with E-state index in [1.165, 1.54) is 0 Å². The fourth-order valence-corrected chi connectivity index (χ4v) is 2.18. The van der Waals surface area contributed by atoms with Gasteiger partial charge in [0.2, 0.25) is 5.91 Å². The van der Waals surface area contributed by atoms with Crippen LogP contribution < -0.4 is 0 Å². The molecule has 1 aromatic carbocycles. The molecule has 0 unspecified atom stereocenters. The molecule has 1 heterocycles. The van der Waals surface area contributed by atoms with Gasteiger partial charge in [-0.25, -0.2) is 0 Å². The molecule has 3 nitrogen and oxygen atoms in total. The van der Waals surface area contributed by atoms with Crippen molar-refractivity contribution < 1.29 is 9.53 Å². The highest BCUT2D eigenvalue weighted by atomic mass is 16.5. The van der Waals surface area contributed by atoms with Crippen LogP contribution in [0.3, 0.4) is 0 Å². The van der Waals surface area contributed by atoms with Gasteiger partial charge in [-0.15, -0.1) is 0 Å². The van der Waals surface area contributed by atoms with Crippen LogP contribution in [-0.2, 0) is 9.53 Å². The molecule has 0 bridgehead atoms. The molecule has 0 aliphatic carbocycles. The molecule has 1 amide bonds. The quantitative estimate of drug-likeness (QED) is 0.772. The maximum atomic E-state index is 12.5. The summed E-state index contributed by atoms with van der Waals surface area (Å²) in [6.07, 6.45) is 0.